The van der Waals surface area contributed by atoms with E-state index in [9.17, 15) is 4.79 Å². The zero-order valence-electron chi connectivity index (χ0n) is 20.2. The van der Waals surface area contributed by atoms with Crippen LogP contribution in [-0.4, -0.2) is 41.2 Å². The van der Waals surface area contributed by atoms with E-state index < -0.39 is 0 Å². The molecule has 1 aliphatic carbocycles. The highest BCUT2D eigenvalue weighted by atomic mass is 16.1. The van der Waals surface area contributed by atoms with Gasteiger partial charge in [-0.2, -0.15) is 5.21 Å². The molecule has 1 fully saturated rings. The quantitative estimate of drug-likeness (QED) is 0.271. The molecule has 0 atom stereocenters. The van der Waals surface area contributed by atoms with Crippen LogP contribution in [-0.2, 0) is 13.0 Å². The number of ketones is 1. The van der Waals surface area contributed by atoms with Crippen LogP contribution in [0.1, 0.15) is 67.0 Å². The van der Waals surface area contributed by atoms with Crippen LogP contribution in [0.3, 0.4) is 0 Å². The van der Waals surface area contributed by atoms with Gasteiger partial charge in [-0.25, -0.2) is 9.67 Å². The topological polar surface area (TPSA) is 102 Å². The Morgan fingerprint density at radius 3 is 2.56 bits per heavy atom. The molecule has 0 bridgehead atoms. The van der Waals surface area contributed by atoms with Gasteiger partial charge in [0.2, 0.25) is 17.4 Å². The second kappa shape index (κ2) is 11.1. The summed E-state index contributed by atoms with van der Waals surface area (Å²) < 4.78 is 1.80. The highest BCUT2D eigenvalue weighted by Gasteiger charge is 2.22. The minimum absolute atomic E-state index is 0.0380. The van der Waals surface area contributed by atoms with Gasteiger partial charge in [-0.15, -0.1) is 27.6 Å². The lowest BCUT2D eigenvalue weighted by molar-refractivity contribution is 0.0939. The smallest absolute Gasteiger partial charge is 0.217 e. The van der Waals surface area contributed by atoms with Gasteiger partial charge in [0, 0.05) is 24.8 Å². The number of nitrogens with zero attached hydrogens (tertiary/aromatic N) is 6. The fraction of sp³-hybridized carbons (Fsp3) is 0.357. The van der Waals surface area contributed by atoms with E-state index in [4.69, 9.17) is 6.42 Å². The summed E-state index contributed by atoms with van der Waals surface area (Å²) in [5.74, 6) is 4.79. The molecule has 0 aliphatic heterocycles. The average molecular weight is 480 g/mol. The SMILES string of the molecule is C#CCCn1nc(C(=O)CC2CCCCC2)nc1Cc1ccc(-c2ccccc2-c2nn[nH]n2)cc1. The molecule has 8 heteroatoms. The van der Waals surface area contributed by atoms with E-state index in [-0.39, 0.29) is 5.78 Å². The number of hydrogen-bond acceptors (Lipinski definition) is 6. The monoisotopic (exact) mass is 479 g/mol. The van der Waals surface area contributed by atoms with Crippen LogP contribution in [0.2, 0.25) is 0 Å². The summed E-state index contributed by atoms with van der Waals surface area (Å²) in [5, 5.41) is 19.0. The molecule has 0 amide bonds. The lowest BCUT2D eigenvalue weighted by Crippen LogP contribution is -2.13. The number of hydrogen-bond donors (Lipinski definition) is 1. The van der Waals surface area contributed by atoms with E-state index in [0.29, 0.717) is 43.4 Å². The van der Waals surface area contributed by atoms with Gasteiger partial charge >= 0.3 is 0 Å². The molecule has 0 spiro atoms. The summed E-state index contributed by atoms with van der Waals surface area (Å²) in [7, 11) is 0. The molecular formula is C28H29N7O. The molecule has 0 radical (unpaired) electrons. The molecular weight excluding hydrogens is 450 g/mol. The highest BCUT2D eigenvalue weighted by molar-refractivity contribution is 5.92. The van der Waals surface area contributed by atoms with E-state index in [1.165, 1.54) is 19.3 Å². The summed E-state index contributed by atoms with van der Waals surface area (Å²) >= 11 is 0. The third kappa shape index (κ3) is 5.41. The number of aromatic amines is 1. The third-order valence-electron chi connectivity index (χ3n) is 6.80. The second-order valence-electron chi connectivity index (χ2n) is 9.31. The number of Topliss-reactive ketones (excluding diaryl/α,β-unsaturated/α-hetero) is 1. The van der Waals surface area contributed by atoms with Crippen LogP contribution in [0.15, 0.2) is 48.5 Å². The molecule has 36 heavy (non-hydrogen) atoms. The number of terminal acetylenes is 1. The first-order chi connectivity index (χ1) is 17.7. The molecule has 1 N–H and O–H groups in total. The summed E-state index contributed by atoms with van der Waals surface area (Å²) in [6.07, 6.45) is 13.1. The Kier molecular flexibility index (Phi) is 7.27. The molecule has 2 heterocycles. The van der Waals surface area contributed by atoms with Crippen LogP contribution in [0.25, 0.3) is 22.5 Å². The fourth-order valence-electron chi connectivity index (χ4n) is 4.91. The standard InChI is InChI=1S/C28H29N7O/c1-2-3-17-35-26(29-28(32-35)25(36)18-20-9-5-4-6-10-20)19-21-13-15-22(16-14-21)23-11-7-8-12-24(23)27-30-33-34-31-27/h1,7-8,11-16,20H,3-6,9-10,17-19H2,(H,30,31,33,34). The molecule has 4 aromatic rings. The maximum Gasteiger partial charge on any atom is 0.217 e. The van der Waals surface area contributed by atoms with E-state index in [2.05, 4.69) is 60.9 Å². The summed E-state index contributed by atoms with van der Waals surface area (Å²) in [6, 6.07) is 16.3. The van der Waals surface area contributed by atoms with E-state index >= 15 is 0 Å². The number of tetrazole rings is 1. The molecule has 1 aliphatic rings. The highest BCUT2D eigenvalue weighted by Crippen LogP contribution is 2.30. The lowest BCUT2D eigenvalue weighted by atomic mass is 9.86. The molecule has 2 aromatic heterocycles. The minimum Gasteiger partial charge on any atom is -0.291 e. The Hall–Kier alpha value is -4.12. The number of benzene rings is 2. The Balaban J connectivity index is 1.35. The number of aryl methyl sites for hydroxylation is 1. The Morgan fingerprint density at radius 2 is 1.83 bits per heavy atom. The molecule has 0 saturated heterocycles. The molecule has 0 unspecified atom stereocenters. The maximum absolute atomic E-state index is 12.9. The number of nitrogens with one attached hydrogen (secondary N) is 1. The van der Waals surface area contributed by atoms with E-state index in [0.717, 1.165) is 40.9 Å². The van der Waals surface area contributed by atoms with Crippen molar-refractivity contribution in [1.29, 1.82) is 0 Å². The maximum atomic E-state index is 12.9. The Bertz CT molecular complexity index is 1340. The van der Waals surface area contributed by atoms with Gasteiger partial charge in [0.25, 0.3) is 0 Å². The number of H-pyrrole nitrogens is 1. The second-order valence-corrected chi connectivity index (χ2v) is 9.31. The number of aromatic nitrogens is 7. The molecule has 182 valence electrons. The van der Waals surface area contributed by atoms with Gasteiger partial charge in [0.1, 0.15) is 5.82 Å². The summed E-state index contributed by atoms with van der Waals surface area (Å²) in [4.78, 5) is 17.6. The molecule has 1 saturated carbocycles. The largest absolute Gasteiger partial charge is 0.291 e. The minimum atomic E-state index is 0.0380. The van der Waals surface area contributed by atoms with Gasteiger partial charge in [-0.3, -0.25) is 4.79 Å². The van der Waals surface area contributed by atoms with Gasteiger partial charge in [-0.05, 0) is 27.8 Å². The van der Waals surface area contributed by atoms with E-state index in [1.54, 1.807) is 4.68 Å². The van der Waals surface area contributed by atoms with Crippen LogP contribution < -0.4 is 0 Å². The summed E-state index contributed by atoms with van der Waals surface area (Å²) in [5.41, 5.74) is 4.07. The molecule has 5 rings (SSSR count). The van der Waals surface area contributed by atoms with Crippen molar-refractivity contribution in [1.82, 2.24) is 35.4 Å². The van der Waals surface area contributed by atoms with Crippen molar-refractivity contribution in [3.05, 3.63) is 65.7 Å². The fourth-order valence-corrected chi connectivity index (χ4v) is 4.91. The number of carbonyl (C=O) groups excluding carboxylic acids is 1. The van der Waals surface area contributed by atoms with E-state index in [1.807, 2.05) is 24.3 Å². The van der Waals surface area contributed by atoms with Crippen LogP contribution in [0, 0.1) is 18.3 Å². The molecule has 2 aromatic carbocycles. The van der Waals surface area contributed by atoms with Crippen LogP contribution in [0.5, 0.6) is 0 Å². The predicted molar refractivity (Wildman–Crippen MR) is 137 cm³/mol. The first-order valence-electron chi connectivity index (χ1n) is 12.5. The average Bonchev–Trinajstić information content (AvgIpc) is 3.59. The normalized spacial score (nSPS) is 14.0. The first kappa shape index (κ1) is 23.6. The Morgan fingerprint density at radius 1 is 1.06 bits per heavy atom. The van der Waals surface area contributed by atoms with Crippen molar-refractivity contribution < 1.29 is 4.79 Å². The van der Waals surface area contributed by atoms with Gasteiger partial charge < -0.3 is 0 Å². The van der Waals surface area contributed by atoms with Gasteiger partial charge in [0.05, 0.1) is 6.54 Å². The number of rotatable bonds is 9. The van der Waals surface area contributed by atoms with Crippen molar-refractivity contribution in [3.8, 4) is 34.9 Å². The molecule has 8 nitrogen and oxygen atoms in total. The van der Waals surface area contributed by atoms with Crippen molar-refractivity contribution in [2.75, 3.05) is 0 Å². The van der Waals surface area contributed by atoms with Crippen molar-refractivity contribution in [2.45, 2.75) is 57.9 Å². The number of carbonyl (C=O) groups is 1. The third-order valence-corrected chi connectivity index (χ3v) is 6.80. The summed E-state index contributed by atoms with van der Waals surface area (Å²) in [6.45, 7) is 0.547. The first-order valence-corrected chi connectivity index (χ1v) is 12.5. The van der Waals surface area contributed by atoms with Crippen LogP contribution >= 0.6 is 0 Å². The van der Waals surface area contributed by atoms with Gasteiger partial charge in [-0.1, -0.05) is 80.6 Å². The van der Waals surface area contributed by atoms with Crippen molar-refractivity contribution in [3.63, 3.8) is 0 Å². The van der Waals surface area contributed by atoms with Crippen molar-refractivity contribution in [2.24, 2.45) is 5.92 Å². The van der Waals surface area contributed by atoms with Crippen LogP contribution in [0.4, 0.5) is 0 Å². The van der Waals surface area contributed by atoms with Gasteiger partial charge in [0.15, 0.2) is 0 Å². The zero-order valence-corrected chi connectivity index (χ0v) is 20.2. The Labute approximate surface area is 210 Å². The lowest BCUT2D eigenvalue weighted by Gasteiger charge is -2.19. The van der Waals surface area contributed by atoms with Crippen molar-refractivity contribution >= 4 is 5.78 Å². The zero-order chi connectivity index (χ0) is 24.7. The predicted octanol–water partition coefficient (Wildman–Crippen LogP) is 4.89.